The van der Waals surface area contributed by atoms with Crippen molar-refractivity contribution >= 4 is 17.4 Å². The highest BCUT2D eigenvalue weighted by molar-refractivity contribution is 5.64. The number of anilines is 2. The number of nitrogens with zero attached hydrogens (tertiary/aromatic N) is 4. The zero-order chi connectivity index (χ0) is 17.3. The van der Waals surface area contributed by atoms with Crippen molar-refractivity contribution in [3.05, 3.63) is 47.3 Å². The molecule has 0 atom stereocenters. The van der Waals surface area contributed by atoms with Crippen molar-refractivity contribution in [2.24, 2.45) is 0 Å². The minimum absolute atomic E-state index is 0.194. The van der Waals surface area contributed by atoms with Crippen molar-refractivity contribution in [1.82, 2.24) is 19.6 Å². The summed E-state index contributed by atoms with van der Waals surface area (Å²) in [5.41, 5.74) is 0.892. The van der Waals surface area contributed by atoms with Gasteiger partial charge in [-0.3, -0.25) is 4.40 Å². The highest BCUT2D eigenvalue weighted by Gasteiger charge is 2.30. The minimum Gasteiger partial charge on any atom is -0.363 e. The normalized spacial score (nSPS) is 11.7. The molecule has 2 N–H and O–H groups in total. The number of hydrogen-bond acceptors (Lipinski definition) is 5. The largest absolute Gasteiger partial charge is 0.416 e. The standard InChI is InChI=1S/C15H15F3N6/c1-9-5-10(7-11(6-9)15(16,17)18)8-21-12-13-22-23-14(19-2)24(13)4-3-20-12/h3-7H,8H2,1-2H3,(H,19,23)(H,20,21). The summed E-state index contributed by atoms with van der Waals surface area (Å²) in [5.74, 6) is 0.993. The van der Waals surface area contributed by atoms with Gasteiger partial charge in [0.1, 0.15) is 0 Å². The Morgan fingerprint density at radius 2 is 1.96 bits per heavy atom. The van der Waals surface area contributed by atoms with Crippen LogP contribution in [0.25, 0.3) is 5.65 Å². The molecule has 0 bridgehead atoms. The first-order valence-electron chi connectivity index (χ1n) is 7.17. The molecule has 2 heterocycles. The van der Waals surface area contributed by atoms with Crippen LogP contribution in [0.1, 0.15) is 16.7 Å². The van der Waals surface area contributed by atoms with Gasteiger partial charge in [0.05, 0.1) is 5.56 Å². The highest BCUT2D eigenvalue weighted by Crippen LogP contribution is 2.30. The molecule has 0 saturated carbocycles. The van der Waals surface area contributed by atoms with Gasteiger partial charge in [-0.15, -0.1) is 10.2 Å². The SMILES string of the molecule is CNc1nnc2c(NCc3cc(C)cc(C(F)(F)F)c3)nccn12. The third-order valence-electron chi connectivity index (χ3n) is 3.48. The summed E-state index contributed by atoms with van der Waals surface area (Å²) in [5, 5.41) is 13.9. The summed E-state index contributed by atoms with van der Waals surface area (Å²) in [6.45, 7) is 1.83. The van der Waals surface area contributed by atoms with Gasteiger partial charge >= 0.3 is 6.18 Å². The first kappa shape index (κ1) is 16.0. The van der Waals surface area contributed by atoms with Crippen LogP contribution in [0, 0.1) is 6.92 Å². The first-order chi connectivity index (χ1) is 11.4. The molecule has 0 aliphatic rings. The number of hydrogen-bond donors (Lipinski definition) is 2. The number of rotatable bonds is 4. The molecule has 1 aromatic carbocycles. The zero-order valence-electron chi connectivity index (χ0n) is 13.0. The second-order valence-electron chi connectivity index (χ2n) is 5.30. The molecular formula is C15H15F3N6. The lowest BCUT2D eigenvalue weighted by Gasteiger charge is -2.12. The molecule has 6 nitrogen and oxygen atoms in total. The molecule has 0 radical (unpaired) electrons. The van der Waals surface area contributed by atoms with Gasteiger partial charge in [-0.2, -0.15) is 13.2 Å². The van der Waals surface area contributed by atoms with Gasteiger partial charge in [0.15, 0.2) is 5.82 Å². The van der Waals surface area contributed by atoms with Crippen LogP contribution in [0.15, 0.2) is 30.6 Å². The molecular weight excluding hydrogens is 321 g/mol. The van der Waals surface area contributed by atoms with Crippen LogP contribution >= 0.6 is 0 Å². The smallest absolute Gasteiger partial charge is 0.363 e. The lowest BCUT2D eigenvalue weighted by Crippen LogP contribution is -2.09. The predicted octanol–water partition coefficient (Wildman–Crippen LogP) is 3.11. The van der Waals surface area contributed by atoms with Crippen LogP contribution in [0.5, 0.6) is 0 Å². The van der Waals surface area contributed by atoms with E-state index >= 15 is 0 Å². The number of fused-ring (bicyclic) bond motifs is 1. The number of benzene rings is 1. The maximum absolute atomic E-state index is 12.9. The van der Waals surface area contributed by atoms with E-state index in [1.807, 2.05) is 0 Å². The Kier molecular flexibility index (Phi) is 4.00. The average molecular weight is 336 g/mol. The molecule has 9 heteroatoms. The molecule has 3 rings (SSSR count). The molecule has 0 amide bonds. The van der Waals surface area contributed by atoms with Gasteiger partial charge in [-0.05, 0) is 24.6 Å². The quantitative estimate of drug-likeness (QED) is 0.766. The van der Waals surface area contributed by atoms with E-state index < -0.39 is 11.7 Å². The Bertz CT molecular complexity index is 871. The summed E-state index contributed by atoms with van der Waals surface area (Å²) in [6, 6.07) is 3.95. The fourth-order valence-corrected chi connectivity index (χ4v) is 2.44. The van der Waals surface area contributed by atoms with E-state index in [0.29, 0.717) is 28.5 Å². The van der Waals surface area contributed by atoms with Gasteiger partial charge in [0.2, 0.25) is 11.6 Å². The molecule has 0 unspecified atom stereocenters. The molecule has 0 fully saturated rings. The average Bonchev–Trinajstić information content (AvgIpc) is 2.95. The first-order valence-corrected chi connectivity index (χ1v) is 7.17. The lowest BCUT2D eigenvalue weighted by molar-refractivity contribution is -0.137. The summed E-state index contributed by atoms with van der Waals surface area (Å²) in [4.78, 5) is 4.18. The number of alkyl halides is 3. The van der Waals surface area contributed by atoms with Gasteiger partial charge < -0.3 is 10.6 Å². The van der Waals surface area contributed by atoms with Crippen molar-refractivity contribution in [2.75, 3.05) is 17.7 Å². The van der Waals surface area contributed by atoms with Gasteiger partial charge in [-0.1, -0.05) is 11.6 Å². The zero-order valence-corrected chi connectivity index (χ0v) is 13.0. The van der Waals surface area contributed by atoms with Crippen LogP contribution in [0.4, 0.5) is 24.9 Å². The summed E-state index contributed by atoms with van der Waals surface area (Å²) >= 11 is 0. The van der Waals surface area contributed by atoms with Crippen molar-refractivity contribution in [3.8, 4) is 0 Å². The monoisotopic (exact) mass is 336 g/mol. The maximum atomic E-state index is 12.9. The summed E-state index contributed by atoms with van der Waals surface area (Å²) in [7, 11) is 1.72. The second kappa shape index (κ2) is 5.99. The van der Waals surface area contributed by atoms with E-state index in [1.54, 1.807) is 36.8 Å². The van der Waals surface area contributed by atoms with Crippen molar-refractivity contribution in [3.63, 3.8) is 0 Å². The fraction of sp³-hybridized carbons (Fsp3) is 0.267. The third kappa shape index (κ3) is 3.10. The maximum Gasteiger partial charge on any atom is 0.416 e. The molecule has 0 saturated heterocycles. The number of aromatic nitrogens is 4. The Hall–Kier alpha value is -2.84. The Balaban J connectivity index is 1.86. The number of nitrogens with one attached hydrogen (secondary N) is 2. The Labute approximate surface area is 135 Å². The van der Waals surface area contributed by atoms with Crippen LogP contribution in [-0.4, -0.2) is 26.6 Å². The molecule has 0 aliphatic carbocycles. The predicted molar refractivity (Wildman–Crippen MR) is 83.8 cm³/mol. The third-order valence-corrected chi connectivity index (χ3v) is 3.48. The summed E-state index contributed by atoms with van der Waals surface area (Å²) in [6.07, 6.45) is -1.11. The van der Waals surface area contributed by atoms with Gasteiger partial charge in [0.25, 0.3) is 0 Å². The lowest BCUT2D eigenvalue weighted by atomic mass is 10.1. The van der Waals surface area contributed by atoms with Crippen LogP contribution in [-0.2, 0) is 12.7 Å². The molecule has 126 valence electrons. The van der Waals surface area contributed by atoms with E-state index in [0.717, 1.165) is 12.1 Å². The van der Waals surface area contributed by atoms with E-state index in [-0.39, 0.29) is 6.54 Å². The summed E-state index contributed by atoms with van der Waals surface area (Å²) < 4.78 is 40.4. The van der Waals surface area contributed by atoms with E-state index in [4.69, 9.17) is 0 Å². The van der Waals surface area contributed by atoms with E-state index in [2.05, 4.69) is 25.8 Å². The van der Waals surface area contributed by atoms with Crippen molar-refractivity contribution < 1.29 is 13.2 Å². The van der Waals surface area contributed by atoms with E-state index in [9.17, 15) is 13.2 Å². The second-order valence-corrected chi connectivity index (χ2v) is 5.30. The molecule has 0 aliphatic heterocycles. The number of aryl methyl sites for hydroxylation is 1. The molecule has 24 heavy (non-hydrogen) atoms. The van der Waals surface area contributed by atoms with Crippen LogP contribution in [0.3, 0.4) is 0 Å². The molecule has 2 aromatic heterocycles. The number of halogens is 3. The fourth-order valence-electron chi connectivity index (χ4n) is 2.44. The van der Waals surface area contributed by atoms with Gasteiger partial charge in [-0.25, -0.2) is 4.98 Å². The van der Waals surface area contributed by atoms with Crippen LogP contribution < -0.4 is 10.6 Å². The topological polar surface area (TPSA) is 67.1 Å². The molecule has 3 aromatic rings. The van der Waals surface area contributed by atoms with E-state index in [1.165, 1.54) is 0 Å². The van der Waals surface area contributed by atoms with Gasteiger partial charge in [0, 0.05) is 26.0 Å². The highest BCUT2D eigenvalue weighted by atomic mass is 19.4. The molecule has 0 spiro atoms. The Morgan fingerprint density at radius 1 is 1.17 bits per heavy atom. The minimum atomic E-state index is -4.37. The van der Waals surface area contributed by atoms with Crippen LogP contribution in [0.2, 0.25) is 0 Å². The van der Waals surface area contributed by atoms with Crippen molar-refractivity contribution in [1.29, 1.82) is 0 Å². The Morgan fingerprint density at radius 3 is 2.67 bits per heavy atom. The van der Waals surface area contributed by atoms with Crippen molar-refractivity contribution in [2.45, 2.75) is 19.6 Å².